The highest BCUT2D eigenvalue weighted by molar-refractivity contribution is 5.94. The highest BCUT2D eigenvalue weighted by atomic mass is 16.4. The van der Waals surface area contributed by atoms with Crippen LogP contribution in [0.3, 0.4) is 0 Å². The Balaban J connectivity index is 3.95. The molecule has 0 radical (unpaired) electrons. The van der Waals surface area contributed by atoms with Crippen LogP contribution in [0.25, 0.3) is 0 Å². The zero-order valence-corrected chi connectivity index (χ0v) is 12.8. The first kappa shape index (κ1) is 18.4. The Hall–Kier alpha value is -1.64. The van der Waals surface area contributed by atoms with Crippen molar-refractivity contribution in [1.29, 1.82) is 0 Å². The number of carbonyl (C=O) groups excluding carboxylic acids is 2. The lowest BCUT2D eigenvalue weighted by Crippen LogP contribution is -2.21. The molecule has 0 heterocycles. The monoisotopic (exact) mass is 277 g/mol. The molecular formula is C17H25O3-. The summed E-state index contributed by atoms with van der Waals surface area (Å²) in [6, 6.07) is 0. The zero-order valence-electron chi connectivity index (χ0n) is 12.8. The van der Waals surface area contributed by atoms with Crippen molar-refractivity contribution in [2.45, 2.75) is 59.3 Å². The standard InChI is InChI=1S/C17H26O3/c1-13(2)16(18)12-11-15(4)8-5-7-14(3)9-6-10-17(19)20/h8-9H,1,5-7,10-12H2,2-4H3,(H,19,20)/p-1/b14-9+,15-8+. The summed E-state index contributed by atoms with van der Waals surface area (Å²) in [6.07, 6.45) is 7.83. The van der Waals surface area contributed by atoms with E-state index < -0.39 is 5.97 Å². The maximum Gasteiger partial charge on any atom is 0.158 e. The Labute approximate surface area is 122 Å². The number of carboxylic acids is 1. The third-order valence-corrected chi connectivity index (χ3v) is 3.10. The molecule has 0 amide bonds. The fraction of sp³-hybridized carbons (Fsp3) is 0.529. The molecule has 0 bridgehead atoms. The Morgan fingerprint density at radius 3 is 1.90 bits per heavy atom. The van der Waals surface area contributed by atoms with Crippen molar-refractivity contribution in [1.82, 2.24) is 0 Å². The minimum atomic E-state index is -1.01. The number of ketones is 1. The summed E-state index contributed by atoms with van der Waals surface area (Å²) in [5.74, 6) is -0.886. The Morgan fingerprint density at radius 1 is 0.900 bits per heavy atom. The van der Waals surface area contributed by atoms with Crippen LogP contribution >= 0.6 is 0 Å². The van der Waals surface area contributed by atoms with Crippen molar-refractivity contribution in [3.63, 3.8) is 0 Å². The van der Waals surface area contributed by atoms with E-state index in [2.05, 4.69) is 12.7 Å². The highest BCUT2D eigenvalue weighted by Crippen LogP contribution is 2.12. The van der Waals surface area contributed by atoms with Crippen molar-refractivity contribution in [3.05, 3.63) is 35.5 Å². The molecule has 0 aliphatic rings. The fourth-order valence-electron chi connectivity index (χ4n) is 1.71. The number of allylic oxidation sites excluding steroid dienone is 5. The predicted molar refractivity (Wildman–Crippen MR) is 80.0 cm³/mol. The van der Waals surface area contributed by atoms with Gasteiger partial charge in [-0.2, -0.15) is 0 Å². The van der Waals surface area contributed by atoms with Crippen molar-refractivity contribution < 1.29 is 14.7 Å². The quantitative estimate of drug-likeness (QED) is 0.455. The molecule has 0 aliphatic carbocycles. The summed E-state index contributed by atoms with van der Waals surface area (Å²) in [5.41, 5.74) is 3.01. The lowest BCUT2D eigenvalue weighted by atomic mass is 10.0. The minimum Gasteiger partial charge on any atom is -0.550 e. The molecule has 0 unspecified atom stereocenters. The van der Waals surface area contributed by atoms with E-state index in [1.807, 2.05) is 19.9 Å². The Kier molecular flexibility index (Phi) is 9.35. The predicted octanol–water partition coefficient (Wildman–Crippen LogP) is 3.11. The number of hydrogen-bond acceptors (Lipinski definition) is 3. The second kappa shape index (κ2) is 10.2. The number of rotatable bonds is 10. The number of hydrogen-bond donors (Lipinski definition) is 0. The molecule has 0 aromatic heterocycles. The SMILES string of the molecule is C=C(C)C(=O)CC/C(C)=C/CC/C(C)=C/CCC(=O)[O-]. The van der Waals surface area contributed by atoms with Gasteiger partial charge >= 0.3 is 0 Å². The minimum absolute atomic E-state index is 0.0786. The molecule has 20 heavy (non-hydrogen) atoms. The van der Waals surface area contributed by atoms with E-state index in [1.165, 1.54) is 11.1 Å². The van der Waals surface area contributed by atoms with Gasteiger partial charge in [-0.25, -0.2) is 0 Å². The van der Waals surface area contributed by atoms with Crippen LogP contribution in [0.1, 0.15) is 59.3 Å². The second-order valence-electron chi connectivity index (χ2n) is 5.25. The summed E-state index contributed by atoms with van der Waals surface area (Å²) >= 11 is 0. The van der Waals surface area contributed by atoms with E-state index in [0.717, 1.165) is 19.3 Å². The summed E-state index contributed by atoms with van der Waals surface area (Å²) in [4.78, 5) is 21.7. The average molecular weight is 277 g/mol. The lowest BCUT2D eigenvalue weighted by molar-refractivity contribution is -0.305. The Bertz CT molecular complexity index is 414. The molecule has 0 saturated carbocycles. The Morgan fingerprint density at radius 2 is 1.40 bits per heavy atom. The molecule has 3 heteroatoms. The first-order valence-electron chi connectivity index (χ1n) is 7.02. The maximum atomic E-state index is 11.4. The molecule has 3 nitrogen and oxygen atoms in total. The van der Waals surface area contributed by atoms with E-state index in [-0.39, 0.29) is 12.2 Å². The summed E-state index contributed by atoms with van der Waals surface area (Å²) in [7, 11) is 0. The van der Waals surface area contributed by atoms with Crippen LogP contribution in [0.4, 0.5) is 0 Å². The third-order valence-electron chi connectivity index (χ3n) is 3.10. The normalized spacial score (nSPS) is 12.3. The largest absolute Gasteiger partial charge is 0.550 e. The molecule has 0 saturated heterocycles. The molecule has 0 rings (SSSR count). The summed E-state index contributed by atoms with van der Waals surface area (Å²) < 4.78 is 0. The van der Waals surface area contributed by atoms with Gasteiger partial charge in [-0.1, -0.05) is 29.9 Å². The van der Waals surface area contributed by atoms with Gasteiger partial charge in [0.05, 0.1) is 0 Å². The van der Waals surface area contributed by atoms with Crippen LogP contribution in [0.5, 0.6) is 0 Å². The van der Waals surface area contributed by atoms with E-state index in [9.17, 15) is 14.7 Å². The maximum absolute atomic E-state index is 11.4. The summed E-state index contributed by atoms with van der Waals surface area (Å²) in [6.45, 7) is 9.41. The third kappa shape index (κ3) is 10.3. The number of Topliss-reactive ketones (excluding diaryl/α,β-unsaturated/α-hetero) is 1. The lowest BCUT2D eigenvalue weighted by Gasteiger charge is -2.03. The van der Waals surface area contributed by atoms with E-state index in [0.29, 0.717) is 18.4 Å². The zero-order chi connectivity index (χ0) is 15.5. The van der Waals surface area contributed by atoms with Gasteiger partial charge in [0, 0.05) is 12.4 Å². The van der Waals surface area contributed by atoms with Crippen molar-refractivity contribution in [2.75, 3.05) is 0 Å². The highest BCUT2D eigenvalue weighted by Gasteiger charge is 2.02. The average Bonchev–Trinajstić information content (AvgIpc) is 2.35. The van der Waals surface area contributed by atoms with Gasteiger partial charge in [0.2, 0.25) is 0 Å². The van der Waals surface area contributed by atoms with Crippen LogP contribution in [0.2, 0.25) is 0 Å². The van der Waals surface area contributed by atoms with E-state index in [4.69, 9.17) is 0 Å². The van der Waals surface area contributed by atoms with E-state index >= 15 is 0 Å². The molecular weight excluding hydrogens is 252 g/mol. The first-order valence-corrected chi connectivity index (χ1v) is 7.02. The van der Waals surface area contributed by atoms with E-state index in [1.54, 1.807) is 6.92 Å². The van der Waals surface area contributed by atoms with Crippen LogP contribution in [-0.4, -0.2) is 11.8 Å². The molecule has 0 N–H and O–H groups in total. The van der Waals surface area contributed by atoms with Gasteiger partial charge in [0.15, 0.2) is 5.78 Å². The van der Waals surface area contributed by atoms with Gasteiger partial charge < -0.3 is 9.90 Å². The van der Waals surface area contributed by atoms with Crippen molar-refractivity contribution in [3.8, 4) is 0 Å². The summed E-state index contributed by atoms with van der Waals surface area (Å²) in [5, 5.41) is 10.3. The number of carboxylic acid groups (broad SMARTS) is 1. The van der Waals surface area contributed by atoms with Gasteiger partial charge in [-0.05, 0) is 58.4 Å². The molecule has 112 valence electrons. The van der Waals surface area contributed by atoms with Gasteiger partial charge in [0.25, 0.3) is 0 Å². The molecule has 0 aromatic rings. The van der Waals surface area contributed by atoms with Gasteiger partial charge in [-0.15, -0.1) is 0 Å². The molecule has 0 aliphatic heterocycles. The molecule has 0 fully saturated rings. The topological polar surface area (TPSA) is 57.2 Å². The van der Waals surface area contributed by atoms with Crippen molar-refractivity contribution in [2.24, 2.45) is 0 Å². The molecule has 0 aromatic carbocycles. The smallest absolute Gasteiger partial charge is 0.158 e. The van der Waals surface area contributed by atoms with Crippen LogP contribution in [-0.2, 0) is 9.59 Å². The second-order valence-corrected chi connectivity index (χ2v) is 5.25. The van der Waals surface area contributed by atoms with Crippen molar-refractivity contribution >= 4 is 11.8 Å². The molecule has 0 atom stereocenters. The van der Waals surface area contributed by atoms with Gasteiger partial charge in [-0.3, -0.25) is 4.79 Å². The fourth-order valence-corrected chi connectivity index (χ4v) is 1.71. The van der Waals surface area contributed by atoms with Gasteiger partial charge in [0.1, 0.15) is 0 Å². The molecule has 0 spiro atoms. The van der Waals surface area contributed by atoms with Crippen LogP contribution in [0, 0.1) is 0 Å². The number of aliphatic carboxylic acids is 1. The van der Waals surface area contributed by atoms with Crippen LogP contribution in [0.15, 0.2) is 35.5 Å². The number of carbonyl (C=O) groups is 2. The first-order chi connectivity index (χ1) is 9.32. The van der Waals surface area contributed by atoms with Crippen LogP contribution < -0.4 is 5.11 Å².